The largest absolute Gasteiger partial charge is 0.370 e. The second kappa shape index (κ2) is 4.31. The van der Waals surface area contributed by atoms with Gasteiger partial charge < -0.3 is 11.1 Å². The third-order valence-corrected chi connectivity index (χ3v) is 2.95. The quantitative estimate of drug-likeness (QED) is 0.602. The molecule has 1 aromatic carbocycles. The molecule has 0 bridgehead atoms. The van der Waals surface area contributed by atoms with Crippen LogP contribution in [0.4, 0.5) is 5.69 Å². The number of guanidine groups is 1. The van der Waals surface area contributed by atoms with E-state index in [1.165, 1.54) is 10.1 Å². The maximum atomic E-state index is 5.68. The van der Waals surface area contributed by atoms with Crippen LogP contribution in [0.5, 0.6) is 0 Å². The summed E-state index contributed by atoms with van der Waals surface area (Å²) in [4.78, 5) is 4.07. The number of nitrogens with one attached hydrogen (secondary N) is 1. The van der Waals surface area contributed by atoms with Crippen molar-refractivity contribution < 1.29 is 0 Å². The zero-order chi connectivity index (χ0) is 10.7. The lowest BCUT2D eigenvalue weighted by Gasteiger charge is -2.04. The van der Waals surface area contributed by atoms with E-state index in [4.69, 9.17) is 5.73 Å². The molecule has 0 radical (unpaired) electrons. The summed E-state index contributed by atoms with van der Waals surface area (Å²) in [6.45, 7) is 2.65. The number of nitrogens with two attached hydrogens (primary N) is 1. The topological polar surface area (TPSA) is 50.4 Å². The van der Waals surface area contributed by atoms with Gasteiger partial charge in [-0.25, -0.2) is 0 Å². The van der Waals surface area contributed by atoms with Crippen molar-refractivity contribution in [1.82, 2.24) is 0 Å². The van der Waals surface area contributed by atoms with Crippen LogP contribution in [0.1, 0.15) is 6.92 Å². The molecular weight excluding hydrogens is 206 g/mol. The van der Waals surface area contributed by atoms with Crippen LogP contribution < -0.4 is 11.1 Å². The van der Waals surface area contributed by atoms with Crippen LogP contribution in [0.2, 0.25) is 0 Å². The Morgan fingerprint density at radius 1 is 1.47 bits per heavy atom. The van der Waals surface area contributed by atoms with Crippen LogP contribution in [-0.2, 0) is 0 Å². The lowest BCUT2D eigenvalue weighted by atomic mass is 10.2. The molecule has 0 unspecified atom stereocenters. The summed E-state index contributed by atoms with van der Waals surface area (Å²) >= 11 is 1.74. The van der Waals surface area contributed by atoms with E-state index in [2.05, 4.69) is 33.9 Å². The highest BCUT2D eigenvalue weighted by atomic mass is 32.1. The third kappa shape index (κ3) is 2.27. The molecule has 2 rings (SSSR count). The predicted octanol–water partition coefficient (Wildman–Crippen LogP) is 2.65. The van der Waals surface area contributed by atoms with E-state index in [1.807, 2.05) is 13.0 Å². The zero-order valence-electron chi connectivity index (χ0n) is 8.53. The van der Waals surface area contributed by atoms with E-state index < -0.39 is 0 Å². The first-order chi connectivity index (χ1) is 7.29. The van der Waals surface area contributed by atoms with Crippen LogP contribution in [-0.4, -0.2) is 12.5 Å². The van der Waals surface area contributed by atoms with E-state index in [-0.39, 0.29) is 0 Å². The smallest absolute Gasteiger partial charge is 0.193 e. The number of anilines is 1. The highest BCUT2D eigenvalue weighted by Gasteiger charge is 1.98. The molecule has 15 heavy (non-hydrogen) atoms. The molecule has 1 heterocycles. The van der Waals surface area contributed by atoms with Crippen molar-refractivity contribution in [3.05, 3.63) is 29.6 Å². The number of rotatable bonds is 2. The minimum atomic E-state index is 0.465. The number of fused-ring (bicyclic) bond motifs is 1. The average Bonchev–Trinajstić information content (AvgIpc) is 2.65. The van der Waals surface area contributed by atoms with Gasteiger partial charge in [-0.3, -0.25) is 4.99 Å². The average molecular weight is 219 g/mol. The van der Waals surface area contributed by atoms with Crippen LogP contribution >= 0.6 is 11.3 Å². The van der Waals surface area contributed by atoms with Crippen molar-refractivity contribution in [2.75, 3.05) is 11.9 Å². The van der Waals surface area contributed by atoms with Crippen molar-refractivity contribution in [2.45, 2.75) is 6.92 Å². The van der Waals surface area contributed by atoms with E-state index >= 15 is 0 Å². The van der Waals surface area contributed by atoms with Gasteiger partial charge in [0.15, 0.2) is 5.96 Å². The molecule has 0 atom stereocenters. The van der Waals surface area contributed by atoms with Crippen LogP contribution in [0.25, 0.3) is 10.1 Å². The second-order valence-corrected chi connectivity index (χ2v) is 4.11. The SMILES string of the molecule is CCN=C(N)Nc1ccc2sccc2c1. The van der Waals surface area contributed by atoms with Gasteiger partial charge in [-0.2, -0.15) is 0 Å². The number of thiophene rings is 1. The molecule has 0 saturated carbocycles. The highest BCUT2D eigenvalue weighted by molar-refractivity contribution is 7.17. The molecule has 2 aromatic rings. The first-order valence-electron chi connectivity index (χ1n) is 4.84. The van der Waals surface area contributed by atoms with Gasteiger partial charge >= 0.3 is 0 Å². The zero-order valence-corrected chi connectivity index (χ0v) is 9.34. The normalized spacial score (nSPS) is 11.9. The summed E-state index contributed by atoms with van der Waals surface area (Å²) in [5.74, 6) is 0.465. The van der Waals surface area contributed by atoms with Gasteiger partial charge in [0.25, 0.3) is 0 Å². The minimum Gasteiger partial charge on any atom is -0.370 e. The summed E-state index contributed by atoms with van der Waals surface area (Å²) in [7, 11) is 0. The van der Waals surface area contributed by atoms with Crippen LogP contribution in [0.3, 0.4) is 0 Å². The van der Waals surface area contributed by atoms with Gasteiger partial charge in [-0.05, 0) is 42.0 Å². The number of aliphatic imine (C=N–C) groups is 1. The lowest BCUT2D eigenvalue weighted by Crippen LogP contribution is -2.22. The summed E-state index contributed by atoms with van der Waals surface area (Å²) < 4.78 is 1.28. The Morgan fingerprint density at radius 3 is 3.13 bits per heavy atom. The Kier molecular flexibility index (Phi) is 2.87. The van der Waals surface area contributed by atoms with Gasteiger partial charge in [0.1, 0.15) is 0 Å². The molecule has 0 fully saturated rings. The van der Waals surface area contributed by atoms with Crippen LogP contribution in [0, 0.1) is 0 Å². The van der Waals surface area contributed by atoms with Crippen molar-refractivity contribution in [3.8, 4) is 0 Å². The third-order valence-electron chi connectivity index (χ3n) is 2.05. The molecule has 78 valence electrons. The lowest BCUT2D eigenvalue weighted by molar-refractivity contribution is 1.12. The second-order valence-electron chi connectivity index (χ2n) is 3.16. The van der Waals surface area contributed by atoms with Gasteiger partial charge in [-0.15, -0.1) is 11.3 Å². The Hall–Kier alpha value is -1.55. The molecule has 4 heteroatoms. The van der Waals surface area contributed by atoms with Crippen molar-refractivity contribution in [1.29, 1.82) is 0 Å². The molecule has 0 aliphatic carbocycles. The predicted molar refractivity (Wildman–Crippen MR) is 67.6 cm³/mol. The Bertz CT molecular complexity index is 487. The monoisotopic (exact) mass is 219 g/mol. The van der Waals surface area contributed by atoms with Crippen molar-refractivity contribution in [3.63, 3.8) is 0 Å². The van der Waals surface area contributed by atoms with Crippen molar-refractivity contribution >= 4 is 33.1 Å². The van der Waals surface area contributed by atoms with Crippen molar-refractivity contribution in [2.24, 2.45) is 10.7 Å². The van der Waals surface area contributed by atoms with E-state index in [0.29, 0.717) is 12.5 Å². The summed E-state index contributed by atoms with van der Waals surface area (Å²) in [5.41, 5.74) is 6.66. The van der Waals surface area contributed by atoms with Crippen LogP contribution in [0.15, 0.2) is 34.6 Å². The fourth-order valence-electron chi connectivity index (χ4n) is 1.40. The van der Waals surface area contributed by atoms with Gasteiger partial charge in [0, 0.05) is 16.9 Å². The maximum Gasteiger partial charge on any atom is 0.193 e. The Labute approximate surface area is 92.6 Å². The molecule has 0 saturated heterocycles. The molecular formula is C11H13N3S. The molecule has 0 amide bonds. The minimum absolute atomic E-state index is 0.465. The molecule has 3 nitrogen and oxygen atoms in total. The maximum absolute atomic E-state index is 5.68. The standard InChI is InChI=1S/C11H13N3S/c1-2-13-11(12)14-9-3-4-10-8(7-9)5-6-15-10/h3-7H,2H2,1H3,(H3,12,13,14). The fraction of sp³-hybridized carbons (Fsp3) is 0.182. The molecule has 0 aliphatic heterocycles. The molecule has 3 N–H and O–H groups in total. The molecule has 0 aliphatic rings. The molecule has 1 aromatic heterocycles. The summed E-state index contributed by atoms with van der Waals surface area (Å²) in [5, 5.41) is 6.37. The van der Waals surface area contributed by atoms with Gasteiger partial charge in [0.2, 0.25) is 0 Å². The fourth-order valence-corrected chi connectivity index (χ4v) is 2.17. The number of hydrogen-bond acceptors (Lipinski definition) is 2. The van der Waals surface area contributed by atoms with E-state index in [0.717, 1.165) is 5.69 Å². The number of benzene rings is 1. The Balaban J connectivity index is 2.25. The summed E-state index contributed by atoms with van der Waals surface area (Å²) in [6.07, 6.45) is 0. The van der Waals surface area contributed by atoms with E-state index in [1.54, 1.807) is 11.3 Å². The number of hydrogen-bond donors (Lipinski definition) is 2. The highest BCUT2D eigenvalue weighted by Crippen LogP contribution is 2.23. The first kappa shape index (κ1) is 9.98. The Morgan fingerprint density at radius 2 is 2.33 bits per heavy atom. The first-order valence-corrected chi connectivity index (χ1v) is 5.72. The van der Waals surface area contributed by atoms with E-state index in [9.17, 15) is 0 Å². The van der Waals surface area contributed by atoms with Gasteiger partial charge in [-0.1, -0.05) is 0 Å². The number of nitrogens with zero attached hydrogens (tertiary/aromatic N) is 1. The van der Waals surface area contributed by atoms with Gasteiger partial charge in [0.05, 0.1) is 0 Å². The summed E-state index contributed by atoms with van der Waals surface area (Å²) in [6, 6.07) is 8.26. The molecule has 0 spiro atoms.